The Kier molecular flexibility index (Phi) is 5.81. The van der Waals surface area contributed by atoms with E-state index < -0.39 is 23.2 Å². The van der Waals surface area contributed by atoms with Gasteiger partial charge in [0.2, 0.25) is 5.96 Å². The first kappa shape index (κ1) is 20.8. The molecule has 3 aromatic rings. The molecule has 3 atom stereocenters. The summed E-state index contributed by atoms with van der Waals surface area (Å²) < 4.78 is 29.7. The first-order valence-electron chi connectivity index (χ1n) is 9.35. The maximum Gasteiger partial charge on any atom is 0.234 e. The summed E-state index contributed by atoms with van der Waals surface area (Å²) in [6.45, 7) is 1.91. The Morgan fingerprint density at radius 3 is 2.90 bits per heavy atom. The van der Waals surface area contributed by atoms with E-state index in [4.69, 9.17) is 5.41 Å². The van der Waals surface area contributed by atoms with Crippen molar-refractivity contribution in [2.75, 3.05) is 12.4 Å². The van der Waals surface area contributed by atoms with Crippen molar-refractivity contribution >= 4 is 55.7 Å². The molecule has 30 heavy (non-hydrogen) atoms. The second-order valence-corrected chi connectivity index (χ2v) is 9.56. The zero-order valence-electron chi connectivity index (χ0n) is 16.3. The Labute approximate surface area is 185 Å². The molecule has 10 heteroatoms. The number of hydrogen-bond donors (Lipinski definition) is 3. The molecule has 1 fully saturated rings. The van der Waals surface area contributed by atoms with Gasteiger partial charge < -0.3 is 15.2 Å². The monoisotopic (exact) mass is 490 g/mol. The third-order valence-corrected chi connectivity index (χ3v) is 7.35. The minimum Gasteiger partial charge on any atom is -0.593 e. The number of aromatic nitrogens is 2. The van der Waals surface area contributed by atoms with Gasteiger partial charge in [0.25, 0.3) is 0 Å². The highest BCUT2D eigenvalue weighted by Crippen LogP contribution is 2.34. The first-order chi connectivity index (χ1) is 14.4. The van der Waals surface area contributed by atoms with E-state index >= 15 is 0 Å². The van der Waals surface area contributed by atoms with E-state index in [1.165, 1.54) is 10.4 Å². The van der Waals surface area contributed by atoms with Crippen molar-refractivity contribution in [1.82, 2.24) is 19.6 Å². The number of benzene rings is 1. The van der Waals surface area contributed by atoms with Crippen molar-refractivity contribution in [2.24, 2.45) is 0 Å². The molecule has 3 N–H and O–H groups in total. The van der Waals surface area contributed by atoms with E-state index in [-0.39, 0.29) is 11.2 Å². The fraction of sp³-hybridized carbons (Fsp3) is 0.250. The Morgan fingerprint density at radius 1 is 1.33 bits per heavy atom. The molecule has 4 rings (SSSR count). The molecular weight excluding hydrogens is 471 g/mol. The highest BCUT2D eigenvalue weighted by atomic mass is 79.9. The van der Waals surface area contributed by atoms with Gasteiger partial charge in [-0.1, -0.05) is 6.92 Å². The molecule has 0 bridgehead atoms. The van der Waals surface area contributed by atoms with E-state index in [1.54, 1.807) is 31.6 Å². The van der Waals surface area contributed by atoms with Crippen LogP contribution in [0.1, 0.15) is 24.9 Å². The molecule has 0 amide bonds. The molecule has 0 spiro atoms. The first-order valence-corrected chi connectivity index (χ1v) is 11.3. The maximum absolute atomic E-state index is 14.8. The van der Waals surface area contributed by atoms with Gasteiger partial charge >= 0.3 is 0 Å². The molecule has 2 aromatic heterocycles. The summed E-state index contributed by atoms with van der Waals surface area (Å²) in [5, 5.41) is 14.8. The summed E-state index contributed by atoms with van der Waals surface area (Å²) in [5.41, 5.74) is 1.68. The van der Waals surface area contributed by atoms with Crippen molar-refractivity contribution in [3.05, 3.63) is 58.6 Å². The summed E-state index contributed by atoms with van der Waals surface area (Å²) >= 11 is 1.99. The van der Waals surface area contributed by atoms with Crippen molar-refractivity contribution in [1.29, 1.82) is 5.41 Å². The van der Waals surface area contributed by atoms with Crippen LogP contribution in [0.3, 0.4) is 0 Å². The van der Waals surface area contributed by atoms with Gasteiger partial charge in [-0.2, -0.15) is 4.31 Å². The van der Waals surface area contributed by atoms with Gasteiger partial charge in [0.1, 0.15) is 17.4 Å². The number of halogens is 2. The summed E-state index contributed by atoms with van der Waals surface area (Å²) in [6.07, 6.45) is 3.95. The van der Waals surface area contributed by atoms with Crippen LogP contribution in [-0.2, 0) is 11.4 Å². The maximum atomic E-state index is 14.8. The second-order valence-electron chi connectivity index (χ2n) is 6.94. The molecule has 1 saturated heterocycles. The lowest BCUT2D eigenvalue weighted by Crippen LogP contribution is -2.57. The molecule has 156 valence electrons. The van der Waals surface area contributed by atoms with E-state index in [2.05, 4.69) is 36.5 Å². The number of nitrogens with one attached hydrogen (secondary N) is 3. The SMILES string of the molecule is CCC1C(c2cc(Nc3nccc4cc(Br)cnc34)ccc2F)NC(=N)N(C)[S+]1[O-]. The average molecular weight is 491 g/mol. The number of pyridine rings is 2. The summed E-state index contributed by atoms with van der Waals surface area (Å²) in [4.78, 5) is 8.80. The molecule has 0 saturated carbocycles. The number of rotatable bonds is 4. The fourth-order valence-electron chi connectivity index (χ4n) is 3.52. The van der Waals surface area contributed by atoms with Crippen molar-refractivity contribution in [3.63, 3.8) is 0 Å². The van der Waals surface area contributed by atoms with Crippen molar-refractivity contribution < 1.29 is 8.94 Å². The van der Waals surface area contributed by atoms with Gasteiger partial charge in [0.05, 0.1) is 18.4 Å². The average Bonchev–Trinajstić information content (AvgIpc) is 2.73. The number of nitrogens with zero attached hydrogens (tertiary/aromatic N) is 3. The second kappa shape index (κ2) is 8.37. The predicted octanol–water partition coefficient (Wildman–Crippen LogP) is 4.23. The Hall–Kier alpha value is -2.43. The molecule has 0 radical (unpaired) electrons. The summed E-state index contributed by atoms with van der Waals surface area (Å²) in [7, 11) is 1.59. The van der Waals surface area contributed by atoms with E-state index in [9.17, 15) is 8.94 Å². The molecule has 7 nitrogen and oxygen atoms in total. The summed E-state index contributed by atoms with van der Waals surface area (Å²) in [6, 6.07) is 7.90. The highest BCUT2D eigenvalue weighted by Gasteiger charge is 2.43. The van der Waals surface area contributed by atoms with Gasteiger partial charge in [0.15, 0.2) is 11.1 Å². The molecule has 1 aromatic carbocycles. The lowest BCUT2D eigenvalue weighted by Gasteiger charge is -2.39. The third kappa shape index (κ3) is 3.82. The highest BCUT2D eigenvalue weighted by molar-refractivity contribution is 9.10. The molecule has 1 aliphatic heterocycles. The Bertz CT molecular complexity index is 1120. The van der Waals surface area contributed by atoms with Gasteiger partial charge in [-0.05, 0) is 52.7 Å². The quantitative estimate of drug-likeness (QED) is 0.473. The van der Waals surface area contributed by atoms with Crippen LogP contribution in [0.15, 0.2) is 47.2 Å². The van der Waals surface area contributed by atoms with Crippen molar-refractivity contribution in [3.8, 4) is 0 Å². The smallest absolute Gasteiger partial charge is 0.234 e. The summed E-state index contributed by atoms with van der Waals surface area (Å²) in [5.74, 6) is 0.141. The van der Waals surface area contributed by atoms with E-state index in [0.29, 0.717) is 29.0 Å². The van der Waals surface area contributed by atoms with Gasteiger partial charge in [-0.15, -0.1) is 0 Å². The Balaban J connectivity index is 1.70. The predicted molar refractivity (Wildman–Crippen MR) is 121 cm³/mol. The van der Waals surface area contributed by atoms with Crippen LogP contribution >= 0.6 is 15.9 Å². The molecule has 1 aliphatic rings. The van der Waals surface area contributed by atoms with Crippen LogP contribution in [0.4, 0.5) is 15.9 Å². The molecule has 3 unspecified atom stereocenters. The third-order valence-electron chi connectivity index (χ3n) is 5.07. The number of fused-ring (bicyclic) bond motifs is 1. The number of guanidine groups is 1. The van der Waals surface area contributed by atoms with Gasteiger partial charge in [-0.25, -0.2) is 9.37 Å². The molecular formula is C20H20BrFN6OS. The minimum atomic E-state index is -1.42. The Morgan fingerprint density at radius 2 is 2.13 bits per heavy atom. The zero-order valence-corrected chi connectivity index (χ0v) is 18.7. The lowest BCUT2D eigenvalue weighted by molar-refractivity contribution is 0.443. The normalized spacial score (nSPS) is 21.6. The largest absolute Gasteiger partial charge is 0.593 e. The zero-order chi connectivity index (χ0) is 21.4. The molecule has 3 heterocycles. The number of hydrogen-bond acceptors (Lipinski definition) is 5. The van der Waals surface area contributed by atoms with Crippen LogP contribution < -0.4 is 10.6 Å². The fourth-order valence-corrected chi connectivity index (χ4v) is 5.24. The van der Waals surface area contributed by atoms with Crippen LogP contribution in [0, 0.1) is 11.2 Å². The topological polar surface area (TPSA) is 100.0 Å². The lowest BCUT2D eigenvalue weighted by atomic mass is 10.00. The van der Waals surface area contributed by atoms with E-state index in [0.717, 1.165) is 9.86 Å². The van der Waals surface area contributed by atoms with Gasteiger partial charge in [-0.3, -0.25) is 10.4 Å². The molecule has 0 aliphatic carbocycles. The van der Waals surface area contributed by atoms with Crippen LogP contribution in [-0.4, -0.2) is 37.1 Å². The van der Waals surface area contributed by atoms with Crippen LogP contribution in [0.2, 0.25) is 0 Å². The van der Waals surface area contributed by atoms with Crippen LogP contribution in [0.5, 0.6) is 0 Å². The number of anilines is 2. The van der Waals surface area contributed by atoms with E-state index in [1.807, 2.05) is 19.1 Å². The standard InChI is InChI=1S/C20H20BrFN6OS/c1-3-16-18(27-20(23)28(2)30(16)29)14-9-13(4-5-15(14)22)26-19-17-11(6-7-24-19)8-12(21)10-25-17/h4-10,16,18H,3H2,1-2H3,(H2,23,27)(H,24,26). The minimum absolute atomic E-state index is 0.00583. The van der Waals surface area contributed by atoms with Crippen molar-refractivity contribution in [2.45, 2.75) is 24.6 Å². The van der Waals surface area contributed by atoms with Gasteiger partial charge in [0, 0.05) is 33.5 Å². The van der Waals surface area contributed by atoms with Crippen LogP contribution in [0.25, 0.3) is 10.9 Å².